The van der Waals surface area contributed by atoms with Crippen LogP contribution in [0.5, 0.6) is 5.75 Å². The Morgan fingerprint density at radius 1 is 0.655 bits per heavy atom. The predicted molar refractivity (Wildman–Crippen MR) is 336 cm³/mol. The van der Waals surface area contributed by atoms with Gasteiger partial charge in [0.25, 0.3) is 11.4 Å². The topological polar surface area (TPSA) is 223 Å². The molecule has 0 saturated heterocycles. The highest BCUT2D eigenvalue weighted by Gasteiger charge is 2.27. The van der Waals surface area contributed by atoms with Crippen LogP contribution in [0.2, 0.25) is 0 Å². The number of pyridine rings is 1. The maximum absolute atomic E-state index is 13.1. The Hall–Kier alpha value is -8.11. The number of esters is 3. The van der Waals surface area contributed by atoms with Crippen LogP contribution in [0.15, 0.2) is 116 Å². The Labute approximate surface area is 502 Å². The Morgan fingerprint density at radius 2 is 1.20 bits per heavy atom. The van der Waals surface area contributed by atoms with Gasteiger partial charge in [-0.3, -0.25) is 14.4 Å². The van der Waals surface area contributed by atoms with E-state index in [4.69, 9.17) is 28.9 Å². The van der Waals surface area contributed by atoms with Gasteiger partial charge >= 0.3 is 17.9 Å². The van der Waals surface area contributed by atoms with E-state index in [9.17, 15) is 24.3 Å². The summed E-state index contributed by atoms with van der Waals surface area (Å²) in [4.78, 5) is 50.9. The van der Waals surface area contributed by atoms with Crippen LogP contribution in [0, 0.1) is 55.4 Å². The van der Waals surface area contributed by atoms with E-state index in [1.54, 1.807) is 0 Å². The van der Waals surface area contributed by atoms with Gasteiger partial charge in [0.2, 0.25) is 5.89 Å². The molecule has 5 aromatic carbocycles. The second kappa shape index (κ2) is 32.7. The number of nitrogens with zero attached hydrogens (tertiary/aromatic N) is 3. The number of benzene rings is 5. The quantitative estimate of drug-likeness (QED) is 0.0297. The van der Waals surface area contributed by atoms with Crippen LogP contribution in [-0.4, -0.2) is 63.2 Å². The minimum Gasteiger partial charge on any atom is -0.506 e. The van der Waals surface area contributed by atoms with Crippen LogP contribution >= 0.6 is 15.9 Å². The number of aromatic amines is 1. The summed E-state index contributed by atoms with van der Waals surface area (Å²) >= 11 is 3.38. The number of fused-ring (bicyclic) bond motifs is 1. The van der Waals surface area contributed by atoms with Crippen LogP contribution < -0.4 is 11.3 Å². The molecule has 0 bridgehead atoms. The van der Waals surface area contributed by atoms with Crippen molar-refractivity contribution in [3.05, 3.63) is 192 Å². The highest BCUT2D eigenvalue weighted by atomic mass is 79.9. The SMILES string of the molecule is CCCC/C(N)=C(/C(=O)OCC)c1c(C)cccc1C.CCCCc1[nH]c(=O)c(-c2nnc(Cc3noc4ccccc34)o2)c(O)c1-c1c(C)cccc1C.CCOC(=O)C(Br)c1c(C)cccc1C.CCOC(=O)Cc1c(C)cccc1C. The molecule has 446 valence electrons. The molecule has 3 aromatic heterocycles. The number of H-pyrrole nitrogens is 1. The Morgan fingerprint density at radius 3 is 1.77 bits per heavy atom. The Kier molecular flexibility index (Phi) is 25.9. The van der Waals surface area contributed by atoms with E-state index in [-0.39, 0.29) is 52.3 Å². The molecule has 8 aromatic rings. The zero-order valence-electron chi connectivity index (χ0n) is 51.0. The number of ether oxygens (including phenoxy) is 3. The van der Waals surface area contributed by atoms with Crippen molar-refractivity contribution >= 4 is 50.4 Å². The van der Waals surface area contributed by atoms with Crippen LogP contribution in [0.3, 0.4) is 0 Å². The average Bonchev–Trinajstić information content (AvgIpc) is 4.21. The molecule has 0 aliphatic carbocycles. The lowest BCUT2D eigenvalue weighted by atomic mass is 9.91. The minimum atomic E-state index is -0.467. The molecule has 0 radical (unpaired) electrons. The van der Waals surface area contributed by atoms with Crippen molar-refractivity contribution in [1.82, 2.24) is 20.3 Å². The fourth-order valence-electron chi connectivity index (χ4n) is 9.83. The predicted octanol–water partition coefficient (Wildman–Crippen LogP) is 14.9. The molecule has 4 N–H and O–H groups in total. The van der Waals surface area contributed by atoms with Crippen LogP contribution in [0.1, 0.15) is 150 Å². The number of nitrogens with two attached hydrogens (primary N) is 1. The third-order valence-electron chi connectivity index (χ3n) is 14.1. The van der Waals surface area contributed by atoms with Gasteiger partial charge in [-0.25, -0.2) is 4.79 Å². The number of allylic oxidation sites excluding steroid dienone is 1. The number of para-hydroxylation sites is 1. The van der Waals surface area contributed by atoms with Gasteiger partial charge in [-0.2, -0.15) is 0 Å². The second-order valence-corrected chi connectivity index (χ2v) is 21.4. The van der Waals surface area contributed by atoms with E-state index in [1.165, 1.54) is 0 Å². The van der Waals surface area contributed by atoms with Crippen molar-refractivity contribution in [1.29, 1.82) is 0 Å². The Balaban J connectivity index is 0.000000224. The monoisotopic (exact) mass is 1210 g/mol. The highest BCUT2D eigenvalue weighted by Crippen LogP contribution is 2.41. The first-order valence-corrected chi connectivity index (χ1v) is 29.6. The molecule has 0 aliphatic rings. The van der Waals surface area contributed by atoms with E-state index in [0.29, 0.717) is 66.5 Å². The fourth-order valence-corrected chi connectivity index (χ4v) is 10.7. The lowest BCUT2D eigenvalue weighted by Crippen LogP contribution is -2.15. The van der Waals surface area contributed by atoms with Gasteiger partial charge in [0, 0.05) is 22.3 Å². The molecule has 0 saturated carbocycles. The molecule has 0 amide bonds. The van der Waals surface area contributed by atoms with E-state index >= 15 is 0 Å². The van der Waals surface area contributed by atoms with Crippen LogP contribution in [0.4, 0.5) is 0 Å². The van der Waals surface area contributed by atoms with Crippen molar-refractivity contribution in [2.24, 2.45) is 5.73 Å². The molecule has 1 unspecified atom stereocenters. The van der Waals surface area contributed by atoms with E-state index in [1.807, 2.05) is 173 Å². The average molecular weight is 1210 g/mol. The molecule has 8 rings (SSSR count). The van der Waals surface area contributed by atoms with E-state index in [0.717, 1.165) is 104 Å². The number of alkyl halides is 1. The van der Waals surface area contributed by atoms with Crippen molar-refractivity contribution in [3.8, 4) is 28.3 Å². The fraction of sp³-hybridized carbons (Fsp3) is 0.368. The van der Waals surface area contributed by atoms with Gasteiger partial charge < -0.3 is 39.0 Å². The van der Waals surface area contributed by atoms with Gasteiger partial charge in [0.05, 0.1) is 38.2 Å². The number of halogens is 1. The zero-order chi connectivity index (χ0) is 61.6. The lowest BCUT2D eigenvalue weighted by molar-refractivity contribution is -0.143. The third kappa shape index (κ3) is 17.5. The maximum Gasteiger partial charge on any atom is 0.340 e. The summed E-state index contributed by atoms with van der Waals surface area (Å²) in [6.07, 6.45) is 5.83. The van der Waals surface area contributed by atoms with Crippen molar-refractivity contribution in [3.63, 3.8) is 0 Å². The van der Waals surface area contributed by atoms with Gasteiger partial charge in [-0.1, -0.05) is 133 Å². The number of nitrogens with one attached hydrogen (secondary N) is 1. The summed E-state index contributed by atoms with van der Waals surface area (Å²) in [5, 5.41) is 24.6. The molecule has 0 aliphatic heterocycles. The number of aryl methyl sites for hydroxylation is 9. The molecule has 1 atom stereocenters. The van der Waals surface area contributed by atoms with Crippen LogP contribution in [-0.2, 0) is 47.9 Å². The normalized spacial score (nSPS) is 11.5. The molecular formula is C68H82BrN5O10. The molecule has 16 heteroatoms. The summed E-state index contributed by atoms with van der Waals surface area (Å²) < 4.78 is 26.3. The lowest BCUT2D eigenvalue weighted by Gasteiger charge is -2.17. The summed E-state index contributed by atoms with van der Waals surface area (Å²) in [5.41, 5.74) is 22.0. The molecule has 84 heavy (non-hydrogen) atoms. The number of aromatic hydroxyl groups is 1. The van der Waals surface area contributed by atoms with Gasteiger partial charge in [0.1, 0.15) is 21.8 Å². The van der Waals surface area contributed by atoms with E-state index in [2.05, 4.69) is 50.1 Å². The maximum atomic E-state index is 13.1. The first-order valence-electron chi connectivity index (χ1n) is 28.7. The summed E-state index contributed by atoms with van der Waals surface area (Å²) in [7, 11) is 0. The number of carbonyl (C=O) groups excluding carboxylic acids is 3. The zero-order valence-corrected chi connectivity index (χ0v) is 52.6. The summed E-state index contributed by atoms with van der Waals surface area (Å²) in [5.74, 6) is -0.625. The molecule has 3 heterocycles. The van der Waals surface area contributed by atoms with E-state index < -0.39 is 5.56 Å². The van der Waals surface area contributed by atoms with Gasteiger partial charge in [-0.15, -0.1) is 10.2 Å². The molecule has 0 spiro atoms. The largest absolute Gasteiger partial charge is 0.506 e. The Bertz CT molecular complexity index is 3530. The number of aromatic nitrogens is 4. The van der Waals surface area contributed by atoms with Gasteiger partial charge in [-0.05, 0) is 181 Å². The third-order valence-corrected chi connectivity index (χ3v) is 15.0. The van der Waals surface area contributed by atoms with Crippen LogP contribution in [0.25, 0.3) is 39.1 Å². The second-order valence-electron chi connectivity index (χ2n) is 20.5. The molecule has 0 fully saturated rings. The van der Waals surface area contributed by atoms with Gasteiger partial charge in [0.15, 0.2) is 5.58 Å². The van der Waals surface area contributed by atoms with Crippen molar-refractivity contribution in [2.45, 2.75) is 146 Å². The number of carbonyl (C=O) groups is 3. The summed E-state index contributed by atoms with van der Waals surface area (Å²) in [6.45, 7) is 26.8. The van der Waals surface area contributed by atoms with Crippen molar-refractivity contribution < 1.29 is 42.6 Å². The first kappa shape index (κ1) is 66.7. The number of unbranched alkanes of at least 4 members (excludes halogenated alkanes) is 2. The standard InChI is InChI=1S/C27H26N4O4.C17H25NO2.C12H15BrO2.C12H16O2/c1-4-5-12-18-23(22-15(2)9-8-10-16(22)3)25(32)24(26(33)28-18)27-30-29-21(34-27)14-19-17-11-6-7-13-20(17)35-31-19;1-5-7-11-14(18)16(17(19)20-6-2)15-12(3)9-8-10-13(15)4;1-4-15-12(14)11(13)10-8(2)6-5-7-9(10)3;1-4-14-12(13)8-11-9(2)6-5-7-10(11)3/h6-11,13H,4-5,12,14H2,1-3H3,(H2,28,32,33);8-10H,5-7,11,18H2,1-4H3;5-7,11H,4H2,1-3H3;5-7H,4,8H2,1-3H3/b;16-14-;;. The highest BCUT2D eigenvalue weighted by molar-refractivity contribution is 9.09. The molecular weight excluding hydrogens is 1130 g/mol. The van der Waals surface area contributed by atoms with Crippen molar-refractivity contribution in [2.75, 3.05) is 19.8 Å². The molecule has 15 nitrogen and oxygen atoms in total. The smallest absolute Gasteiger partial charge is 0.340 e. The summed E-state index contributed by atoms with van der Waals surface area (Å²) in [6, 6.07) is 31.4. The number of hydrogen-bond acceptors (Lipinski definition) is 14. The minimum absolute atomic E-state index is 0.0355. The number of hydrogen-bond donors (Lipinski definition) is 3. The number of rotatable bonds is 19. The first-order chi connectivity index (χ1) is 40.2.